The maximum absolute atomic E-state index is 13.2. The van der Waals surface area contributed by atoms with Crippen LogP contribution in [0.3, 0.4) is 0 Å². The SMILES string of the molecule is CC(C)c1cc(Cc2c(Cl)cc(OCC(=O)Nc3cccc(F)c3)cc2Cl)ccc1O. The largest absolute Gasteiger partial charge is 0.508 e. The molecular formula is C24H22Cl2FNO3. The van der Waals surface area contributed by atoms with Gasteiger partial charge < -0.3 is 15.2 Å². The van der Waals surface area contributed by atoms with E-state index in [9.17, 15) is 14.3 Å². The van der Waals surface area contributed by atoms with Crippen molar-refractivity contribution in [1.82, 2.24) is 0 Å². The number of ether oxygens (including phenoxy) is 1. The topological polar surface area (TPSA) is 58.6 Å². The fourth-order valence-electron chi connectivity index (χ4n) is 3.12. The molecule has 4 nitrogen and oxygen atoms in total. The van der Waals surface area contributed by atoms with Gasteiger partial charge in [0.25, 0.3) is 5.91 Å². The molecule has 0 heterocycles. The van der Waals surface area contributed by atoms with Crippen LogP contribution in [-0.4, -0.2) is 17.6 Å². The number of anilines is 1. The molecule has 0 saturated carbocycles. The first kappa shape index (κ1) is 22.9. The van der Waals surface area contributed by atoms with E-state index in [4.69, 9.17) is 27.9 Å². The Hall–Kier alpha value is -2.76. The number of phenols is 1. The van der Waals surface area contributed by atoms with Crippen LogP contribution in [-0.2, 0) is 11.2 Å². The van der Waals surface area contributed by atoms with E-state index < -0.39 is 11.7 Å². The van der Waals surface area contributed by atoms with Crippen LogP contribution in [0.2, 0.25) is 10.0 Å². The Labute approximate surface area is 190 Å². The zero-order chi connectivity index (χ0) is 22.5. The Bertz CT molecular complexity index is 1080. The third-order valence-corrected chi connectivity index (χ3v) is 5.36. The minimum Gasteiger partial charge on any atom is -0.508 e. The lowest BCUT2D eigenvalue weighted by molar-refractivity contribution is -0.118. The number of hydrogen-bond donors (Lipinski definition) is 2. The Morgan fingerprint density at radius 3 is 2.45 bits per heavy atom. The first-order valence-electron chi connectivity index (χ1n) is 9.71. The number of amides is 1. The highest BCUT2D eigenvalue weighted by molar-refractivity contribution is 6.36. The molecular weight excluding hydrogens is 440 g/mol. The van der Waals surface area contributed by atoms with E-state index in [1.807, 2.05) is 26.0 Å². The smallest absolute Gasteiger partial charge is 0.262 e. The van der Waals surface area contributed by atoms with Crippen molar-refractivity contribution in [3.63, 3.8) is 0 Å². The zero-order valence-electron chi connectivity index (χ0n) is 17.1. The van der Waals surface area contributed by atoms with Crippen molar-refractivity contribution >= 4 is 34.8 Å². The van der Waals surface area contributed by atoms with Crippen LogP contribution >= 0.6 is 23.2 Å². The van der Waals surface area contributed by atoms with Crippen molar-refractivity contribution in [2.24, 2.45) is 0 Å². The quantitative estimate of drug-likeness (QED) is 0.418. The summed E-state index contributed by atoms with van der Waals surface area (Å²) in [6.45, 7) is 3.74. The lowest BCUT2D eigenvalue weighted by Crippen LogP contribution is -2.20. The molecule has 31 heavy (non-hydrogen) atoms. The molecule has 3 aromatic carbocycles. The van der Waals surface area contributed by atoms with Gasteiger partial charge in [0.2, 0.25) is 0 Å². The number of aromatic hydroxyl groups is 1. The van der Waals surface area contributed by atoms with E-state index in [0.29, 0.717) is 27.9 Å². The minimum atomic E-state index is -0.443. The molecule has 0 radical (unpaired) electrons. The molecule has 1 amide bonds. The maximum Gasteiger partial charge on any atom is 0.262 e. The van der Waals surface area contributed by atoms with Crippen molar-refractivity contribution in [1.29, 1.82) is 0 Å². The minimum absolute atomic E-state index is 0.181. The van der Waals surface area contributed by atoms with Crippen molar-refractivity contribution < 1.29 is 19.0 Å². The van der Waals surface area contributed by atoms with Gasteiger partial charge in [-0.25, -0.2) is 4.39 Å². The van der Waals surface area contributed by atoms with Gasteiger partial charge in [-0.3, -0.25) is 4.79 Å². The van der Waals surface area contributed by atoms with Crippen LogP contribution in [0, 0.1) is 5.82 Å². The van der Waals surface area contributed by atoms with Gasteiger partial charge in [0, 0.05) is 22.2 Å². The molecule has 0 unspecified atom stereocenters. The molecule has 3 aromatic rings. The third-order valence-electron chi connectivity index (χ3n) is 4.69. The van der Waals surface area contributed by atoms with E-state index in [2.05, 4.69) is 5.32 Å². The molecule has 162 valence electrons. The summed E-state index contributed by atoms with van der Waals surface area (Å²) < 4.78 is 18.7. The normalized spacial score (nSPS) is 10.9. The first-order chi connectivity index (χ1) is 14.7. The van der Waals surface area contributed by atoms with Crippen LogP contribution in [0.25, 0.3) is 0 Å². The lowest BCUT2D eigenvalue weighted by atomic mass is 9.96. The first-order valence-corrected chi connectivity index (χ1v) is 10.5. The summed E-state index contributed by atoms with van der Waals surface area (Å²) in [6.07, 6.45) is 0.484. The van der Waals surface area contributed by atoms with Gasteiger partial charge in [-0.05, 0) is 59.0 Å². The van der Waals surface area contributed by atoms with Gasteiger partial charge >= 0.3 is 0 Å². The maximum atomic E-state index is 13.2. The summed E-state index contributed by atoms with van der Waals surface area (Å²) in [5, 5.41) is 13.4. The Morgan fingerprint density at radius 2 is 1.81 bits per heavy atom. The summed E-state index contributed by atoms with van der Waals surface area (Å²) in [5.74, 6) is -0.0904. The van der Waals surface area contributed by atoms with E-state index >= 15 is 0 Å². The van der Waals surface area contributed by atoms with Gasteiger partial charge in [-0.1, -0.05) is 55.2 Å². The van der Waals surface area contributed by atoms with E-state index in [1.54, 1.807) is 24.3 Å². The van der Waals surface area contributed by atoms with Gasteiger partial charge in [0.15, 0.2) is 6.61 Å². The average molecular weight is 462 g/mol. The summed E-state index contributed by atoms with van der Waals surface area (Å²) in [6, 6.07) is 14.2. The second-order valence-electron chi connectivity index (χ2n) is 7.44. The Balaban J connectivity index is 1.67. The molecule has 0 bridgehead atoms. The van der Waals surface area contributed by atoms with Gasteiger partial charge in [-0.15, -0.1) is 0 Å². The monoisotopic (exact) mass is 461 g/mol. The predicted octanol–water partition coefficient (Wildman–Crippen LogP) is 6.57. The van der Waals surface area contributed by atoms with Crippen molar-refractivity contribution in [3.05, 3.63) is 87.2 Å². The van der Waals surface area contributed by atoms with E-state index in [0.717, 1.165) is 16.7 Å². The number of carbonyl (C=O) groups excluding carboxylic acids is 1. The van der Waals surface area contributed by atoms with Gasteiger partial charge in [0.05, 0.1) is 0 Å². The highest BCUT2D eigenvalue weighted by Crippen LogP contribution is 2.34. The number of nitrogens with one attached hydrogen (secondary N) is 1. The highest BCUT2D eigenvalue weighted by Gasteiger charge is 2.13. The van der Waals surface area contributed by atoms with Crippen molar-refractivity contribution in [3.8, 4) is 11.5 Å². The second-order valence-corrected chi connectivity index (χ2v) is 8.25. The molecule has 0 aliphatic heterocycles. The van der Waals surface area contributed by atoms with Gasteiger partial charge in [-0.2, -0.15) is 0 Å². The standard InChI is InChI=1S/C24H22Cl2FNO3/c1-14(2)19-8-15(6-7-23(19)29)9-20-21(25)11-18(12-22(20)26)31-13-24(30)28-17-5-3-4-16(27)10-17/h3-8,10-12,14,29H,9,13H2,1-2H3,(H,28,30). The summed E-state index contributed by atoms with van der Waals surface area (Å²) in [4.78, 5) is 12.0. The molecule has 3 rings (SSSR count). The highest BCUT2D eigenvalue weighted by atomic mass is 35.5. The van der Waals surface area contributed by atoms with Gasteiger partial charge in [0.1, 0.15) is 17.3 Å². The Morgan fingerprint density at radius 1 is 1.10 bits per heavy atom. The fraction of sp³-hybridized carbons (Fsp3) is 0.208. The molecule has 0 aromatic heterocycles. The molecule has 2 N–H and O–H groups in total. The van der Waals surface area contributed by atoms with E-state index in [-0.39, 0.29) is 18.3 Å². The molecule has 0 aliphatic rings. The van der Waals surface area contributed by atoms with Crippen LogP contribution in [0.1, 0.15) is 36.5 Å². The zero-order valence-corrected chi connectivity index (χ0v) is 18.6. The van der Waals surface area contributed by atoms with Crippen LogP contribution in [0.15, 0.2) is 54.6 Å². The third kappa shape index (κ3) is 6.12. The molecule has 0 atom stereocenters. The molecule has 7 heteroatoms. The molecule has 0 saturated heterocycles. The summed E-state index contributed by atoms with van der Waals surface area (Å²) >= 11 is 12.8. The summed E-state index contributed by atoms with van der Waals surface area (Å²) in [7, 11) is 0. The van der Waals surface area contributed by atoms with E-state index in [1.165, 1.54) is 18.2 Å². The van der Waals surface area contributed by atoms with Crippen LogP contribution in [0.4, 0.5) is 10.1 Å². The summed E-state index contributed by atoms with van der Waals surface area (Å²) in [5.41, 5.74) is 2.89. The molecule has 0 aliphatic carbocycles. The van der Waals surface area contributed by atoms with Crippen molar-refractivity contribution in [2.75, 3.05) is 11.9 Å². The number of halogens is 3. The number of carbonyl (C=O) groups is 1. The Kier molecular flexibility index (Phi) is 7.42. The second kappa shape index (κ2) is 10.0. The molecule has 0 spiro atoms. The number of phenolic OH excluding ortho intramolecular Hbond substituents is 1. The van der Waals surface area contributed by atoms with Crippen molar-refractivity contribution in [2.45, 2.75) is 26.2 Å². The average Bonchev–Trinajstić information content (AvgIpc) is 2.70. The lowest BCUT2D eigenvalue weighted by Gasteiger charge is -2.14. The predicted molar refractivity (Wildman–Crippen MR) is 122 cm³/mol. The fourth-order valence-corrected chi connectivity index (χ4v) is 3.73. The number of rotatable bonds is 7. The molecule has 0 fully saturated rings. The number of hydrogen-bond acceptors (Lipinski definition) is 3. The van der Waals surface area contributed by atoms with Crippen LogP contribution < -0.4 is 10.1 Å². The number of benzene rings is 3. The van der Waals surface area contributed by atoms with Crippen LogP contribution in [0.5, 0.6) is 11.5 Å².